The summed E-state index contributed by atoms with van der Waals surface area (Å²) in [5.74, 6) is 0.1000. The maximum absolute atomic E-state index is 11.7. The van der Waals surface area contributed by atoms with Crippen LogP contribution in [0.5, 0.6) is 0 Å². The molecule has 0 atom stereocenters. The summed E-state index contributed by atoms with van der Waals surface area (Å²) >= 11 is 0. The topological polar surface area (TPSA) is 38.3 Å². The van der Waals surface area contributed by atoms with E-state index < -0.39 is 0 Å². The van der Waals surface area contributed by atoms with Crippen LogP contribution in [0.4, 0.5) is 5.69 Å². The standard InChI is InChI=1S/C13H19NO2/c1-8(2)10-6-9(3)12(14-4)11(7-10)13(15)16-5/h6-8,14H,1-5H3. The van der Waals surface area contributed by atoms with Crippen LogP contribution in [-0.2, 0) is 4.74 Å². The minimum absolute atomic E-state index is 0.296. The molecule has 0 aliphatic carbocycles. The highest BCUT2D eigenvalue weighted by atomic mass is 16.5. The van der Waals surface area contributed by atoms with Crippen molar-refractivity contribution in [2.45, 2.75) is 26.7 Å². The summed E-state index contributed by atoms with van der Waals surface area (Å²) < 4.78 is 4.79. The molecule has 0 saturated heterocycles. The summed E-state index contributed by atoms with van der Waals surface area (Å²) in [7, 11) is 3.21. The number of rotatable bonds is 3. The Bertz CT molecular complexity index is 397. The Morgan fingerprint density at radius 1 is 1.38 bits per heavy atom. The number of nitrogens with one attached hydrogen (secondary N) is 1. The van der Waals surface area contributed by atoms with Gasteiger partial charge in [0.2, 0.25) is 0 Å². The highest BCUT2D eigenvalue weighted by molar-refractivity contribution is 5.96. The molecule has 16 heavy (non-hydrogen) atoms. The third-order valence-electron chi connectivity index (χ3n) is 2.68. The number of hydrogen-bond donors (Lipinski definition) is 1. The average Bonchev–Trinajstić information content (AvgIpc) is 2.26. The Labute approximate surface area is 96.8 Å². The van der Waals surface area contributed by atoms with Crippen LogP contribution in [0.25, 0.3) is 0 Å². The molecule has 0 fully saturated rings. The maximum Gasteiger partial charge on any atom is 0.339 e. The molecule has 0 unspecified atom stereocenters. The van der Waals surface area contributed by atoms with Gasteiger partial charge in [0.25, 0.3) is 0 Å². The second kappa shape index (κ2) is 5.01. The van der Waals surface area contributed by atoms with Gasteiger partial charge in [0.1, 0.15) is 0 Å². The molecule has 1 aromatic rings. The van der Waals surface area contributed by atoms with E-state index in [4.69, 9.17) is 4.74 Å². The number of hydrogen-bond acceptors (Lipinski definition) is 3. The zero-order valence-corrected chi connectivity index (χ0v) is 10.5. The molecule has 1 rings (SSSR count). The van der Waals surface area contributed by atoms with Crippen molar-refractivity contribution in [1.29, 1.82) is 0 Å². The molecule has 0 spiro atoms. The molecular formula is C13H19NO2. The fraction of sp³-hybridized carbons (Fsp3) is 0.462. The predicted molar refractivity (Wildman–Crippen MR) is 66.2 cm³/mol. The zero-order chi connectivity index (χ0) is 12.3. The van der Waals surface area contributed by atoms with E-state index in [9.17, 15) is 4.79 Å². The second-order valence-electron chi connectivity index (χ2n) is 4.16. The van der Waals surface area contributed by atoms with Gasteiger partial charge in [-0.1, -0.05) is 19.9 Å². The largest absolute Gasteiger partial charge is 0.465 e. The summed E-state index contributed by atoms with van der Waals surface area (Å²) in [6, 6.07) is 4.00. The molecule has 3 heteroatoms. The van der Waals surface area contributed by atoms with Crippen molar-refractivity contribution in [3.8, 4) is 0 Å². The summed E-state index contributed by atoms with van der Waals surface area (Å²) in [6.45, 7) is 6.20. The lowest BCUT2D eigenvalue weighted by molar-refractivity contribution is 0.0601. The van der Waals surface area contributed by atoms with Gasteiger partial charge in [0.15, 0.2) is 0 Å². The van der Waals surface area contributed by atoms with E-state index in [1.54, 1.807) is 0 Å². The fourth-order valence-corrected chi connectivity index (χ4v) is 1.75. The quantitative estimate of drug-likeness (QED) is 0.797. The first-order chi connectivity index (χ1) is 7.51. The Kier molecular flexibility index (Phi) is 3.93. The van der Waals surface area contributed by atoms with Crippen molar-refractivity contribution in [1.82, 2.24) is 0 Å². The van der Waals surface area contributed by atoms with E-state index in [1.165, 1.54) is 7.11 Å². The highest BCUT2D eigenvalue weighted by Crippen LogP contribution is 2.26. The van der Waals surface area contributed by atoms with Crippen LogP contribution >= 0.6 is 0 Å². The van der Waals surface area contributed by atoms with Gasteiger partial charge in [0.05, 0.1) is 18.4 Å². The lowest BCUT2D eigenvalue weighted by atomic mass is 9.96. The van der Waals surface area contributed by atoms with Crippen molar-refractivity contribution in [3.05, 3.63) is 28.8 Å². The van der Waals surface area contributed by atoms with Crippen LogP contribution in [0.3, 0.4) is 0 Å². The van der Waals surface area contributed by atoms with Gasteiger partial charge >= 0.3 is 5.97 Å². The van der Waals surface area contributed by atoms with E-state index in [-0.39, 0.29) is 5.97 Å². The van der Waals surface area contributed by atoms with Crippen molar-refractivity contribution < 1.29 is 9.53 Å². The molecule has 88 valence electrons. The van der Waals surface area contributed by atoms with Gasteiger partial charge in [0, 0.05) is 7.05 Å². The first-order valence-electron chi connectivity index (χ1n) is 5.41. The molecule has 3 nitrogen and oxygen atoms in total. The van der Waals surface area contributed by atoms with E-state index >= 15 is 0 Å². The van der Waals surface area contributed by atoms with Crippen LogP contribution in [0.1, 0.15) is 41.3 Å². The van der Waals surface area contributed by atoms with Crippen LogP contribution < -0.4 is 5.32 Å². The molecule has 1 aromatic carbocycles. The molecule has 0 amide bonds. The molecule has 0 aromatic heterocycles. The Morgan fingerprint density at radius 2 is 2.00 bits per heavy atom. The summed E-state index contributed by atoms with van der Waals surface area (Å²) in [5, 5.41) is 3.04. The monoisotopic (exact) mass is 221 g/mol. The first-order valence-corrected chi connectivity index (χ1v) is 5.41. The normalized spacial score (nSPS) is 10.4. The minimum Gasteiger partial charge on any atom is -0.465 e. The number of methoxy groups -OCH3 is 1. The molecule has 0 heterocycles. The first kappa shape index (κ1) is 12.6. The molecule has 0 bridgehead atoms. The van der Waals surface area contributed by atoms with E-state index in [0.717, 1.165) is 16.8 Å². The summed E-state index contributed by atoms with van der Waals surface area (Å²) in [5.41, 5.74) is 3.66. The van der Waals surface area contributed by atoms with Crippen LogP contribution in [-0.4, -0.2) is 20.1 Å². The number of aryl methyl sites for hydroxylation is 1. The molecule has 0 aliphatic rings. The fourth-order valence-electron chi connectivity index (χ4n) is 1.75. The van der Waals surface area contributed by atoms with Crippen LogP contribution in [0.15, 0.2) is 12.1 Å². The number of ether oxygens (including phenoxy) is 1. The van der Waals surface area contributed by atoms with Crippen LogP contribution in [0.2, 0.25) is 0 Å². The molecule has 0 saturated carbocycles. The smallest absolute Gasteiger partial charge is 0.339 e. The van der Waals surface area contributed by atoms with Gasteiger partial charge < -0.3 is 10.1 Å². The molecule has 0 radical (unpaired) electrons. The van der Waals surface area contributed by atoms with Crippen molar-refractivity contribution in [2.75, 3.05) is 19.5 Å². The SMILES string of the molecule is CNc1c(C)cc(C(C)C)cc1C(=O)OC. The Balaban J connectivity index is 3.36. The van der Waals surface area contributed by atoms with Gasteiger partial charge in [-0.25, -0.2) is 4.79 Å². The molecule has 1 N–H and O–H groups in total. The van der Waals surface area contributed by atoms with Gasteiger partial charge in [-0.05, 0) is 30.0 Å². The zero-order valence-electron chi connectivity index (χ0n) is 10.5. The van der Waals surface area contributed by atoms with Crippen LogP contribution in [0, 0.1) is 6.92 Å². The molecular weight excluding hydrogens is 202 g/mol. The van der Waals surface area contributed by atoms with Crippen molar-refractivity contribution >= 4 is 11.7 Å². The number of anilines is 1. The van der Waals surface area contributed by atoms with Crippen molar-refractivity contribution in [3.63, 3.8) is 0 Å². The lowest BCUT2D eigenvalue weighted by Gasteiger charge is -2.15. The third kappa shape index (κ3) is 2.35. The van der Waals surface area contributed by atoms with Gasteiger partial charge in [-0.2, -0.15) is 0 Å². The highest BCUT2D eigenvalue weighted by Gasteiger charge is 2.15. The number of esters is 1. The summed E-state index contributed by atoms with van der Waals surface area (Å²) in [6.07, 6.45) is 0. The predicted octanol–water partition coefficient (Wildman–Crippen LogP) is 2.95. The van der Waals surface area contributed by atoms with Crippen molar-refractivity contribution in [2.24, 2.45) is 0 Å². The Hall–Kier alpha value is -1.51. The van der Waals surface area contributed by atoms with E-state index in [1.807, 2.05) is 20.0 Å². The number of carbonyl (C=O) groups excluding carboxylic acids is 1. The van der Waals surface area contributed by atoms with E-state index in [2.05, 4.69) is 25.2 Å². The maximum atomic E-state index is 11.7. The average molecular weight is 221 g/mol. The Morgan fingerprint density at radius 3 is 2.44 bits per heavy atom. The second-order valence-corrected chi connectivity index (χ2v) is 4.16. The minimum atomic E-state index is -0.296. The lowest BCUT2D eigenvalue weighted by Crippen LogP contribution is -2.08. The number of carbonyl (C=O) groups is 1. The van der Waals surface area contributed by atoms with E-state index in [0.29, 0.717) is 11.5 Å². The number of benzene rings is 1. The third-order valence-corrected chi connectivity index (χ3v) is 2.68. The molecule has 0 aliphatic heterocycles. The van der Waals surface area contributed by atoms with Gasteiger partial charge in [-0.3, -0.25) is 0 Å². The van der Waals surface area contributed by atoms with Gasteiger partial charge in [-0.15, -0.1) is 0 Å². The summed E-state index contributed by atoms with van der Waals surface area (Å²) in [4.78, 5) is 11.7.